The van der Waals surface area contributed by atoms with Gasteiger partial charge in [0.05, 0.1) is 0 Å². The van der Waals surface area contributed by atoms with E-state index in [4.69, 9.17) is 0 Å². The van der Waals surface area contributed by atoms with Crippen LogP contribution >= 0.6 is 0 Å². The lowest BCUT2D eigenvalue weighted by Crippen LogP contribution is -2.24. The monoisotopic (exact) mass is 234 g/mol. The molecule has 0 radical (unpaired) electrons. The number of hydrogen-bond donors (Lipinski definition) is 2. The van der Waals surface area contributed by atoms with E-state index < -0.39 is 0 Å². The van der Waals surface area contributed by atoms with E-state index >= 15 is 0 Å². The van der Waals surface area contributed by atoms with Crippen molar-refractivity contribution in [3.8, 4) is 0 Å². The molecule has 0 saturated carbocycles. The van der Waals surface area contributed by atoms with E-state index in [1.807, 2.05) is 32.0 Å². The second-order valence-electron chi connectivity index (χ2n) is 4.21. The minimum Gasteiger partial charge on any atom is -0.385 e. The quantitative estimate of drug-likeness (QED) is 0.794. The third-order valence-corrected chi connectivity index (χ3v) is 2.59. The standard InChI is InChI=1S/C14H22N2O/c1-4-8-15-13-7-6-12(10-11(13)3)14(17)16-9-5-2/h6-7,10,15H,4-5,8-9H2,1-3H3,(H,16,17). The first-order valence-electron chi connectivity index (χ1n) is 6.31. The molecule has 3 heteroatoms. The Kier molecular flexibility index (Phi) is 5.53. The molecule has 17 heavy (non-hydrogen) atoms. The fourth-order valence-electron chi connectivity index (χ4n) is 1.60. The molecule has 0 aliphatic heterocycles. The lowest BCUT2D eigenvalue weighted by molar-refractivity contribution is 0.0953. The molecular weight excluding hydrogens is 212 g/mol. The SMILES string of the molecule is CCCNC(=O)c1ccc(NCCC)c(C)c1. The molecule has 0 fully saturated rings. The summed E-state index contributed by atoms with van der Waals surface area (Å²) in [4.78, 5) is 11.7. The molecule has 0 aliphatic rings. The molecule has 0 spiro atoms. The fourth-order valence-corrected chi connectivity index (χ4v) is 1.60. The second kappa shape index (κ2) is 6.94. The zero-order chi connectivity index (χ0) is 12.7. The highest BCUT2D eigenvalue weighted by atomic mass is 16.1. The van der Waals surface area contributed by atoms with Gasteiger partial charge in [0.25, 0.3) is 5.91 Å². The first-order chi connectivity index (χ1) is 8.19. The van der Waals surface area contributed by atoms with Crippen LogP contribution in [0.4, 0.5) is 5.69 Å². The van der Waals surface area contributed by atoms with Crippen LogP contribution in [0.25, 0.3) is 0 Å². The fraction of sp³-hybridized carbons (Fsp3) is 0.500. The van der Waals surface area contributed by atoms with E-state index in [9.17, 15) is 4.79 Å². The first kappa shape index (κ1) is 13.6. The number of nitrogens with one attached hydrogen (secondary N) is 2. The molecule has 1 aromatic rings. The van der Waals surface area contributed by atoms with Gasteiger partial charge in [-0.3, -0.25) is 4.79 Å². The molecule has 3 nitrogen and oxygen atoms in total. The van der Waals surface area contributed by atoms with Crippen LogP contribution in [0, 0.1) is 6.92 Å². The Labute approximate surface area is 104 Å². The summed E-state index contributed by atoms with van der Waals surface area (Å²) in [6.07, 6.45) is 2.05. The van der Waals surface area contributed by atoms with Crippen molar-refractivity contribution in [2.45, 2.75) is 33.6 Å². The second-order valence-corrected chi connectivity index (χ2v) is 4.21. The van der Waals surface area contributed by atoms with Gasteiger partial charge in [-0.05, 0) is 43.5 Å². The average molecular weight is 234 g/mol. The average Bonchev–Trinajstić information content (AvgIpc) is 2.34. The van der Waals surface area contributed by atoms with Gasteiger partial charge in [0.1, 0.15) is 0 Å². The van der Waals surface area contributed by atoms with Crippen molar-refractivity contribution in [2.24, 2.45) is 0 Å². The van der Waals surface area contributed by atoms with Crippen LogP contribution in [-0.2, 0) is 0 Å². The van der Waals surface area contributed by atoms with E-state index in [0.29, 0.717) is 0 Å². The Morgan fingerprint density at radius 1 is 1.18 bits per heavy atom. The highest BCUT2D eigenvalue weighted by Crippen LogP contribution is 2.16. The molecule has 1 aromatic carbocycles. The molecule has 0 aliphatic carbocycles. The van der Waals surface area contributed by atoms with Crippen molar-refractivity contribution in [3.63, 3.8) is 0 Å². The molecule has 94 valence electrons. The molecule has 2 N–H and O–H groups in total. The highest BCUT2D eigenvalue weighted by Gasteiger charge is 2.06. The van der Waals surface area contributed by atoms with Gasteiger partial charge in [-0.25, -0.2) is 0 Å². The maximum atomic E-state index is 11.7. The summed E-state index contributed by atoms with van der Waals surface area (Å²) in [7, 11) is 0. The van der Waals surface area contributed by atoms with Gasteiger partial charge in [0.2, 0.25) is 0 Å². The number of rotatable bonds is 6. The maximum Gasteiger partial charge on any atom is 0.251 e. The lowest BCUT2D eigenvalue weighted by Gasteiger charge is -2.10. The predicted octanol–water partition coefficient (Wildman–Crippen LogP) is 2.96. The third-order valence-electron chi connectivity index (χ3n) is 2.59. The van der Waals surface area contributed by atoms with Crippen molar-refractivity contribution in [3.05, 3.63) is 29.3 Å². The summed E-state index contributed by atoms with van der Waals surface area (Å²) in [5.74, 6) is 0.0111. The Bertz CT molecular complexity index is 374. The van der Waals surface area contributed by atoms with Crippen molar-refractivity contribution < 1.29 is 4.79 Å². The Morgan fingerprint density at radius 3 is 2.47 bits per heavy atom. The summed E-state index contributed by atoms with van der Waals surface area (Å²) < 4.78 is 0. The van der Waals surface area contributed by atoms with Gasteiger partial charge in [0.15, 0.2) is 0 Å². The van der Waals surface area contributed by atoms with Crippen LogP contribution in [0.2, 0.25) is 0 Å². The summed E-state index contributed by atoms with van der Waals surface area (Å²) >= 11 is 0. The first-order valence-corrected chi connectivity index (χ1v) is 6.31. The minimum atomic E-state index is 0.0111. The third kappa shape index (κ3) is 4.10. The largest absolute Gasteiger partial charge is 0.385 e. The van der Waals surface area contributed by atoms with Gasteiger partial charge >= 0.3 is 0 Å². The Morgan fingerprint density at radius 2 is 1.88 bits per heavy atom. The van der Waals surface area contributed by atoms with Crippen LogP contribution in [0.1, 0.15) is 42.6 Å². The van der Waals surface area contributed by atoms with E-state index in [-0.39, 0.29) is 5.91 Å². The lowest BCUT2D eigenvalue weighted by atomic mass is 10.1. The smallest absolute Gasteiger partial charge is 0.251 e. The summed E-state index contributed by atoms with van der Waals surface area (Å²) in [6, 6.07) is 5.78. The number of carbonyl (C=O) groups is 1. The number of hydrogen-bond acceptors (Lipinski definition) is 2. The van der Waals surface area contributed by atoms with E-state index in [1.165, 1.54) is 0 Å². The molecule has 0 saturated heterocycles. The zero-order valence-electron chi connectivity index (χ0n) is 11.0. The van der Waals surface area contributed by atoms with Crippen LogP contribution in [-0.4, -0.2) is 19.0 Å². The van der Waals surface area contributed by atoms with E-state index in [0.717, 1.165) is 42.7 Å². The summed E-state index contributed by atoms with van der Waals surface area (Å²) in [5.41, 5.74) is 2.96. The number of aryl methyl sites for hydroxylation is 1. The number of benzene rings is 1. The van der Waals surface area contributed by atoms with Gasteiger partial charge in [0, 0.05) is 24.3 Å². The molecule has 0 aromatic heterocycles. The van der Waals surface area contributed by atoms with Gasteiger partial charge in [-0.15, -0.1) is 0 Å². The van der Waals surface area contributed by atoms with Gasteiger partial charge in [-0.2, -0.15) is 0 Å². The normalized spacial score (nSPS) is 10.1. The molecule has 1 rings (SSSR count). The van der Waals surface area contributed by atoms with Crippen molar-refractivity contribution in [2.75, 3.05) is 18.4 Å². The van der Waals surface area contributed by atoms with Crippen LogP contribution in [0.3, 0.4) is 0 Å². The number of carbonyl (C=O) groups excluding carboxylic acids is 1. The Balaban J connectivity index is 2.70. The predicted molar refractivity (Wildman–Crippen MR) is 72.6 cm³/mol. The van der Waals surface area contributed by atoms with Crippen molar-refractivity contribution in [1.82, 2.24) is 5.32 Å². The number of amides is 1. The molecular formula is C14H22N2O. The molecule has 1 amide bonds. The molecule has 0 heterocycles. The summed E-state index contributed by atoms with van der Waals surface area (Å²) in [6.45, 7) is 7.89. The Hall–Kier alpha value is -1.51. The topological polar surface area (TPSA) is 41.1 Å². The maximum absolute atomic E-state index is 11.7. The van der Waals surface area contributed by atoms with Gasteiger partial charge in [-0.1, -0.05) is 13.8 Å². The number of anilines is 1. The molecule has 0 unspecified atom stereocenters. The van der Waals surface area contributed by atoms with E-state index in [1.54, 1.807) is 0 Å². The zero-order valence-corrected chi connectivity index (χ0v) is 11.0. The summed E-state index contributed by atoms with van der Waals surface area (Å²) in [5, 5.41) is 6.22. The van der Waals surface area contributed by atoms with E-state index in [2.05, 4.69) is 17.6 Å². The van der Waals surface area contributed by atoms with Crippen LogP contribution in [0.15, 0.2) is 18.2 Å². The van der Waals surface area contributed by atoms with Gasteiger partial charge < -0.3 is 10.6 Å². The van der Waals surface area contributed by atoms with Crippen LogP contribution < -0.4 is 10.6 Å². The minimum absolute atomic E-state index is 0.0111. The molecule has 0 bridgehead atoms. The van der Waals surface area contributed by atoms with Crippen LogP contribution in [0.5, 0.6) is 0 Å². The van der Waals surface area contributed by atoms with Crippen molar-refractivity contribution in [1.29, 1.82) is 0 Å². The highest BCUT2D eigenvalue weighted by molar-refractivity contribution is 5.94. The molecule has 0 atom stereocenters. The van der Waals surface area contributed by atoms with Crippen molar-refractivity contribution >= 4 is 11.6 Å².